The third-order valence-electron chi connectivity index (χ3n) is 4.98. The number of ether oxygens (including phenoxy) is 1. The number of carbonyl (C=O) groups is 1. The maximum absolute atomic E-state index is 12.0. The third-order valence-corrected chi connectivity index (χ3v) is 4.98. The highest BCUT2D eigenvalue weighted by atomic mass is 16.5. The highest BCUT2D eigenvalue weighted by Gasteiger charge is 2.16. The molecule has 1 aliphatic rings. The second-order valence-electron chi connectivity index (χ2n) is 7.26. The lowest BCUT2D eigenvalue weighted by atomic mass is 9.98. The standard InChI is InChI=1S/C23H30N2O2/c1-3-14-25-15-4-5-20-16-19(8-11-22(20)25)12-13-24-23(26)17-27-21-9-6-18(2)7-10-21/h6-11,16H,3-5,12-15,17H2,1-2H3,(H,24,26). The Balaban J connectivity index is 1.44. The fraction of sp³-hybridized carbons (Fsp3) is 0.435. The Morgan fingerprint density at radius 2 is 2.00 bits per heavy atom. The van der Waals surface area contributed by atoms with Crippen molar-refractivity contribution in [1.29, 1.82) is 0 Å². The zero-order chi connectivity index (χ0) is 19.1. The number of benzene rings is 2. The molecular weight excluding hydrogens is 336 g/mol. The summed E-state index contributed by atoms with van der Waals surface area (Å²) in [6.45, 7) is 7.24. The average Bonchev–Trinajstić information content (AvgIpc) is 2.68. The van der Waals surface area contributed by atoms with Crippen LogP contribution in [0.25, 0.3) is 0 Å². The topological polar surface area (TPSA) is 41.6 Å². The van der Waals surface area contributed by atoms with E-state index in [0.717, 1.165) is 31.7 Å². The first kappa shape index (κ1) is 19.3. The lowest BCUT2D eigenvalue weighted by Gasteiger charge is -2.31. The van der Waals surface area contributed by atoms with Gasteiger partial charge in [-0.15, -0.1) is 0 Å². The second kappa shape index (κ2) is 9.45. The number of fused-ring (bicyclic) bond motifs is 1. The van der Waals surface area contributed by atoms with Crippen LogP contribution in [0.15, 0.2) is 42.5 Å². The predicted molar refractivity (Wildman–Crippen MR) is 111 cm³/mol. The first-order valence-corrected chi connectivity index (χ1v) is 9.98. The molecule has 1 amide bonds. The molecular formula is C23H30N2O2. The van der Waals surface area contributed by atoms with Gasteiger partial charge in [0.15, 0.2) is 6.61 Å². The fourth-order valence-electron chi connectivity index (χ4n) is 3.57. The zero-order valence-electron chi connectivity index (χ0n) is 16.5. The number of carbonyl (C=O) groups excluding carboxylic acids is 1. The Morgan fingerprint density at radius 1 is 1.19 bits per heavy atom. The minimum atomic E-state index is -0.0809. The molecule has 4 nitrogen and oxygen atoms in total. The van der Waals surface area contributed by atoms with Gasteiger partial charge >= 0.3 is 0 Å². The number of hydrogen-bond donors (Lipinski definition) is 1. The third kappa shape index (κ3) is 5.49. The Labute approximate surface area is 162 Å². The van der Waals surface area contributed by atoms with E-state index in [9.17, 15) is 4.79 Å². The fourth-order valence-corrected chi connectivity index (χ4v) is 3.57. The Kier molecular flexibility index (Phi) is 6.74. The number of rotatable bonds is 8. The van der Waals surface area contributed by atoms with E-state index in [0.29, 0.717) is 6.54 Å². The summed E-state index contributed by atoms with van der Waals surface area (Å²) in [5.74, 6) is 0.643. The predicted octanol–water partition coefficient (Wildman–Crippen LogP) is 3.90. The van der Waals surface area contributed by atoms with Crippen molar-refractivity contribution in [2.24, 2.45) is 0 Å². The Morgan fingerprint density at radius 3 is 2.78 bits per heavy atom. The lowest BCUT2D eigenvalue weighted by Crippen LogP contribution is -2.31. The van der Waals surface area contributed by atoms with Gasteiger partial charge in [-0.2, -0.15) is 0 Å². The van der Waals surface area contributed by atoms with Crippen LogP contribution in [-0.4, -0.2) is 32.1 Å². The normalized spacial score (nSPS) is 13.2. The molecule has 2 aromatic carbocycles. The molecule has 0 bridgehead atoms. The molecule has 0 fully saturated rings. The van der Waals surface area contributed by atoms with Gasteiger partial charge in [0.25, 0.3) is 5.91 Å². The number of nitrogens with zero attached hydrogens (tertiary/aromatic N) is 1. The molecule has 1 N–H and O–H groups in total. The van der Waals surface area contributed by atoms with E-state index in [-0.39, 0.29) is 12.5 Å². The molecule has 2 aromatic rings. The molecule has 3 rings (SSSR count). The molecule has 4 heteroatoms. The molecule has 0 saturated heterocycles. The summed E-state index contributed by atoms with van der Waals surface area (Å²) < 4.78 is 5.52. The summed E-state index contributed by atoms with van der Waals surface area (Å²) in [7, 11) is 0. The Bertz CT molecular complexity index is 755. The molecule has 0 saturated carbocycles. The van der Waals surface area contributed by atoms with Gasteiger partial charge in [0, 0.05) is 25.3 Å². The summed E-state index contributed by atoms with van der Waals surface area (Å²) in [4.78, 5) is 14.5. The number of aryl methyl sites for hydroxylation is 2. The van der Waals surface area contributed by atoms with Crippen molar-refractivity contribution in [3.63, 3.8) is 0 Å². The van der Waals surface area contributed by atoms with Crippen LogP contribution in [-0.2, 0) is 17.6 Å². The molecule has 0 radical (unpaired) electrons. The van der Waals surface area contributed by atoms with Crippen molar-refractivity contribution in [1.82, 2.24) is 5.32 Å². The minimum absolute atomic E-state index is 0.0548. The molecule has 0 aromatic heterocycles. The number of anilines is 1. The molecule has 144 valence electrons. The van der Waals surface area contributed by atoms with Gasteiger partial charge in [-0.05, 0) is 61.9 Å². The maximum Gasteiger partial charge on any atom is 0.257 e. The van der Waals surface area contributed by atoms with E-state index >= 15 is 0 Å². The van der Waals surface area contributed by atoms with Crippen LogP contribution in [0.3, 0.4) is 0 Å². The highest BCUT2D eigenvalue weighted by Crippen LogP contribution is 2.28. The van der Waals surface area contributed by atoms with E-state index in [1.807, 2.05) is 31.2 Å². The van der Waals surface area contributed by atoms with Gasteiger partial charge in [0.05, 0.1) is 0 Å². The van der Waals surface area contributed by atoms with Crippen LogP contribution in [0.1, 0.15) is 36.5 Å². The van der Waals surface area contributed by atoms with Crippen LogP contribution in [0.4, 0.5) is 5.69 Å². The molecule has 27 heavy (non-hydrogen) atoms. The second-order valence-corrected chi connectivity index (χ2v) is 7.26. The highest BCUT2D eigenvalue weighted by molar-refractivity contribution is 5.77. The maximum atomic E-state index is 12.0. The van der Waals surface area contributed by atoms with Gasteiger partial charge in [-0.3, -0.25) is 4.79 Å². The van der Waals surface area contributed by atoms with Crippen LogP contribution in [0.2, 0.25) is 0 Å². The number of hydrogen-bond acceptors (Lipinski definition) is 3. The van der Waals surface area contributed by atoms with Gasteiger partial charge in [0.2, 0.25) is 0 Å². The summed E-state index contributed by atoms with van der Waals surface area (Å²) in [5.41, 5.74) is 5.30. The van der Waals surface area contributed by atoms with E-state index in [2.05, 4.69) is 35.3 Å². The lowest BCUT2D eigenvalue weighted by molar-refractivity contribution is -0.123. The largest absolute Gasteiger partial charge is 0.484 e. The zero-order valence-corrected chi connectivity index (χ0v) is 16.5. The van der Waals surface area contributed by atoms with Crippen molar-refractivity contribution in [3.8, 4) is 5.75 Å². The summed E-state index contributed by atoms with van der Waals surface area (Å²) in [6, 6.07) is 14.5. The van der Waals surface area contributed by atoms with Crippen molar-refractivity contribution in [2.75, 3.05) is 31.1 Å². The Hall–Kier alpha value is -2.49. The molecule has 0 spiro atoms. The summed E-state index contributed by atoms with van der Waals surface area (Å²) in [6.07, 6.45) is 4.40. The molecule has 0 unspecified atom stereocenters. The van der Waals surface area contributed by atoms with Crippen molar-refractivity contribution >= 4 is 11.6 Å². The summed E-state index contributed by atoms with van der Waals surface area (Å²) >= 11 is 0. The first-order chi connectivity index (χ1) is 13.2. The number of amides is 1. The monoisotopic (exact) mass is 366 g/mol. The number of nitrogens with one attached hydrogen (secondary N) is 1. The SMILES string of the molecule is CCCN1CCCc2cc(CCNC(=O)COc3ccc(C)cc3)ccc21. The molecule has 0 atom stereocenters. The molecule has 1 heterocycles. The van der Waals surface area contributed by atoms with Crippen LogP contribution < -0.4 is 15.0 Å². The van der Waals surface area contributed by atoms with Crippen LogP contribution in [0.5, 0.6) is 5.75 Å². The minimum Gasteiger partial charge on any atom is -0.484 e. The van der Waals surface area contributed by atoms with Gasteiger partial charge < -0.3 is 15.0 Å². The first-order valence-electron chi connectivity index (χ1n) is 9.98. The van der Waals surface area contributed by atoms with E-state index in [1.165, 1.54) is 35.2 Å². The van der Waals surface area contributed by atoms with Crippen molar-refractivity contribution in [3.05, 3.63) is 59.2 Å². The van der Waals surface area contributed by atoms with E-state index in [4.69, 9.17) is 4.74 Å². The quantitative estimate of drug-likeness (QED) is 0.770. The molecule has 1 aliphatic heterocycles. The van der Waals surface area contributed by atoms with E-state index < -0.39 is 0 Å². The molecule has 0 aliphatic carbocycles. The van der Waals surface area contributed by atoms with Crippen LogP contribution in [0, 0.1) is 6.92 Å². The van der Waals surface area contributed by atoms with Gasteiger partial charge in [-0.1, -0.05) is 36.8 Å². The summed E-state index contributed by atoms with van der Waals surface area (Å²) in [5, 5.41) is 2.95. The van der Waals surface area contributed by atoms with Crippen molar-refractivity contribution < 1.29 is 9.53 Å². The van der Waals surface area contributed by atoms with Crippen LogP contribution >= 0.6 is 0 Å². The average molecular weight is 367 g/mol. The van der Waals surface area contributed by atoms with Gasteiger partial charge in [-0.25, -0.2) is 0 Å². The van der Waals surface area contributed by atoms with Crippen molar-refractivity contribution in [2.45, 2.75) is 39.5 Å². The van der Waals surface area contributed by atoms with Gasteiger partial charge in [0.1, 0.15) is 5.75 Å². The van der Waals surface area contributed by atoms with E-state index in [1.54, 1.807) is 0 Å². The smallest absolute Gasteiger partial charge is 0.257 e.